The normalized spacial score (nSPS) is 12.4. The molecule has 0 aliphatic heterocycles. The molecule has 3 nitrogen and oxygen atoms in total. The first-order valence-corrected chi connectivity index (χ1v) is 5.01. The molecule has 0 fully saturated rings. The van der Waals surface area contributed by atoms with Crippen molar-refractivity contribution in [3.8, 4) is 11.1 Å². The van der Waals surface area contributed by atoms with Gasteiger partial charge in [-0.2, -0.15) is 0 Å². The van der Waals surface area contributed by atoms with Crippen molar-refractivity contribution in [3.63, 3.8) is 0 Å². The molecule has 2 N–H and O–H groups in total. The molecule has 1 aromatic heterocycles. The summed E-state index contributed by atoms with van der Waals surface area (Å²) < 4.78 is 13.5. The summed E-state index contributed by atoms with van der Waals surface area (Å²) in [4.78, 5) is 8.19. The molecule has 0 amide bonds. The van der Waals surface area contributed by atoms with Gasteiger partial charge in [-0.25, -0.2) is 14.4 Å². The van der Waals surface area contributed by atoms with Gasteiger partial charge in [0, 0.05) is 23.5 Å². The van der Waals surface area contributed by atoms with Crippen LogP contribution in [0.1, 0.15) is 18.8 Å². The van der Waals surface area contributed by atoms with Crippen LogP contribution in [0.4, 0.5) is 4.39 Å². The maximum absolute atomic E-state index is 13.5. The smallest absolute Gasteiger partial charge is 0.144 e. The lowest BCUT2D eigenvalue weighted by Crippen LogP contribution is -2.09. The fourth-order valence-corrected chi connectivity index (χ4v) is 1.41. The van der Waals surface area contributed by atoms with Crippen molar-refractivity contribution in [1.29, 1.82) is 0 Å². The Balaban J connectivity index is 2.39. The molecule has 82 valence electrons. The Hall–Kier alpha value is -1.81. The summed E-state index contributed by atoms with van der Waals surface area (Å²) in [6, 6.07) is 6.32. The van der Waals surface area contributed by atoms with Crippen LogP contribution in [-0.2, 0) is 0 Å². The number of nitrogens with two attached hydrogens (primary N) is 1. The standard InChI is InChI=1S/C12H12FN3/c1-8(14)12-15-6-9(7-16-12)10-4-2-3-5-11(10)13/h2-8H,14H2,1H3. The van der Waals surface area contributed by atoms with E-state index < -0.39 is 0 Å². The van der Waals surface area contributed by atoms with Gasteiger partial charge in [-0.1, -0.05) is 18.2 Å². The topological polar surface area (TPSA) is 51.8 Å². The van der Waals surface area contributed by atoms with E-state index in [4.69, 9.17) is 5.73 Å². The summed E-state index contributed by atoms with van der Waals surface area (Å²) in [7, 11) is 0. The minimum atomic E-state index is -0.278. The van der Waals surface area contributed by atoms with E-state index >= 15 is 0 Å². The fraction of sp³-hybridized carbons (Fsp3) is 0.167. The Morgan fingerprint density at radius 3 is 2.38 bits per heavy atom. The number of benzene rings is 1. The Morgan fingerprint density at radius 2 is 1.81 bits per heavy atom. The Labute approximate surface area is 93.2 Å². The Bertz CT molecular complexity index is 480. The highest BCUT2D eigenvalue weighted by atomic mass is 19.1. The lowest BCUT2D eigenvalue weighted by molar-refractivity contribution is 0.631. The number of halogens is 1. The van der Waals surface area contributed by atoms with Gasteiger partial charge < -0.3 is 5.73 Å². The number of hydrogen-bond acceptors (Lipinski definition) is 3. The first kappa shape index (κ1) is 10.7. The van der Waals surface area contributed by atoms with Crippen molar-refractivity contribution < 1.29 is 4.39 Å². The van der Waals surface area contributed by atoms with E-state index in [1.807, 2.05) is 0 Å². The van der Waals surface area contributed by atoms with Crippen LogP contribution in [0, 0.1) is 5.82 Å². The van der Waals surface area contributed by atoms with Crippen LogP contribution < -0.4 is 5.73 Å². The second-order valence-electron chi connectivity index (χ2n) is 3.60. The zero-order valence-corrected chi connectivity index (χ0v) is 8.89. The van der Waals surface area contributed by atoms with Gasteiger partial charge in [0.15, 0.2) is 0 Å². The number of rotatable bonds is 2. The van der Waals surface area contributed by atoms with E-state index in [1.165, 1.54) is 6.07 Å². The van der Waals surface area contributed by atoms with Crippen molar-refractivity contribution in [2.24, 2.45) is 5.73 Å². The minimum absolute atomic E-state index is 0.213. The molecule has 1 atom stereocenters. The third-order valence-corrected chi connectivity index (χ3v) is 2.26. The van der Waals surface area contributed by atoms with Crippen LogP contribution >= 0.6 is 0 Å². The molecule has 0 bridgehead atoms. The van der Waals surface area contributed by atoms with E-state index in [0.717, 1.165) is 0 Å². The van der Waals surface area contributed by atoms with E-state index in [9.17, 15) is 4.39 Å². The molecule has 0 aliphatic carbocycles. The van der Waals surface area contributed by atoms with Crippen LogP contribution in [0.2, 0.25) is 0 Å². The largest absolute Gasteiger partial charge is 0.322 e. The fourth-order valence-electron chi connectivity index (χ4n) is 1.41. The van der Waals surface area contributed by atoms with Crippen LogP contribution in [0.25, 0.3) is 11.1 Å². The molecule has 0 saturated heterocycles. The molecule has 2 rings (SSSR count). The van der Waals surface area contributed by atoms with E-state index in [0.29, 0.717) is 17.0 Å². The average molecular weight is 217 g/mol. The molecule has 16 heavy (non-hydrogen) atoms. The lowest BCUT2D eigenvalue weighted by atomic mass is 10.1. The van der Waals surface area contributed by atoms with Gasteiger partial charge in [0.2, 0.25) is 0 Å². The molecule has 1 heterocycles. The zero-order chi connectivity index (χ0) is 11.5. The third-order valence-electron chi connectivity index (χ3n) is 2.26. The molecule has 4 heteroatoms. The van der Waals surface area contributed by atoms with E-state index in [-0.39, 0.29) is 11.9 Å². The quantitative estimate of drug-likeness (QED) is 0.839. The van der Waals surface area contributed by atoms with Gasteiger partial charge in [0.1, 0.15) is 11.6 Å². The molecule has 0 spiro atoms. The third kappa shape index (κ3) is 2.06. The predicted octanol–water partition coefficient (Wildman–Crippen LogP) is 2.30. The van der Waals surface area contributed by atoms with Crippen LogP contribution in [-0.4, -0.2) is 9.97 Å². The molecule has 1 aromatic carbocycles. The molecule has 0 saturated carbocycles. The molecule has 2 aromatic rings. The van der Waals surface area contributed by atoms with Crippen LogP contribution in [0.15, 0.2) is 36.7 Å². The molecular formula is C12H12FN3. The highest BCUT2D eigenvalue weighted by Crippen LogP contribution is 2.21. The zero-order valence-electron chi connectivity index (χ0n) is 8.89. The SMILES string of the molecule is CC(N)c1ncc(-c2ccccc2F)cn1. The van der Waals surface area contributed by atoms with E-state index in [2.05, 4.69) is 9.97 Å². The molecule has 0 radical (unpaired) electrons. The van der Waals surface area contributed by atoms with Gasteiger partial charge in [0.25, 0.3) is 0 Å². The molecule has 0 aliphatic rings. The summed E-state index contributed by atoms with van der Waals surface area (Å²) in [6.45, 7) is 1.80. The first-order valence-electron chi connectivity index (χ1n) is 5.01. The van der Waals surface area contributed by atoms with Crippen LogP contribution in [0.3, 0.4) is 0 Å². The second kappa shape index (κ2) is 4.37. The number of aromatic nitrogens is 2. The van der Waals surface area contributed by atoms with Gasteiger partial charge in [-0.05, 0) is 13.0 Å². The summed E-state index contributed by atoms with van der Waals surface area (Å²) in [5, 5.41) is 0. The van der Waals surface area contributed by atoms with Gasteiger partial charge in [-0.3, -0.25) is 0 Å². The van der Waals surface area contributed by atoms with Crippen molar-refractivity contribution in [2.45, 2.75) is 13.0 Å². The highest BCUT2D eigenvalue weighted by molar-refractivity contribution is 5.61. The summed E-state index contributed by atoms with van der Waals surface area (Å²) in [5.74, 6) is 0.278. The van der Waals surface area contributed by atoms with Gasteiger partial charge >= 0.3 is 0 Å². The second-order valence-corrected chi connectivity index (χ2v) is 3.60. The molecule has 1 unspecified atom stereocenters. The van der Waals surface area contributed by atoms with Gasteiger partial charge in [-0.15, -0.1) is 0 Å². The van der Waals surface area contributed by atoms with E-state index in [1.54, 1.807) is 37.5 Å². The predicted molar refractivity (Wildman–Crippen MR) is 60.0 cm³/mol. The number of hydrogen-bond donors (Lipinski definition) is 1. The summed E-state index contributed by atoms with van der Waals surface area (Å²) in [6.07, 6.45) is 3.17. The van der Waals surface area contributed by atoms with Crippen LogP contribution in [0.5, 0.6) is 0 Å². The first-order chi connectivity index (χ1) is 7.68. The van der Waals surface area contributed by atoms with Crippen molar-refractivity contribution in [2.75, 3.05) is 0 Å². The maximum atomic E-state index is 13.5. The van der Waals surface area contributed by atoms with Crippen molar-refractivity contribution in [3.05, 3.63) is 48.3 Å². The van der Waals surface area contributed by atoms with Crippen molar-refractivity contribution in [1.82, 2.24) is 9.97 Å². The average Bonchev–Trinajstić information content (AvgIpc) is 2.30. The lowest BCUT2D eigenvalue weighted by Gasteiger charge is -2.05. The van der Waals surface area contributed by atoms with Crippen molar-refractivity contribution >= 4 is 0 Å². The van der Waals surface area contributed by atoms with Gasteiger partial charge in [0.05, 0.1) is 6.04 Å². The maximum Gasteiger partial charge on any atom is 0.144 e. The summed E-state index contributed by atoms with van der Waals surface area (Å²) >= 11 is 0. The monoisotopic (exact) mass is 217 g/mol. The molecular weight excluding hydrogens is 205 g/mol. The Morgan fingerprint density at radius 1 is 1.19 bits per heavy atom. The summed E-state index contributed by atoms with van der Waals surface area (Å²) in [5.41, 5.74) is 6.79. The minimum Gasteiger partial charge on any atom is -0.322 e. The Kier molecular flexibility index (Phi) is 2.92. The highest BCUT2D eigenvalue weighted by Gasteiger charge is 2.06. The number of nitrogens with zero attached hydrogens (tertiary/aromatic N) is 2.